The molecule has 2 aliphatic rings. The Labute approximate surface area is 215 Å². The average Bonchev–Trinajstić information content (AvgIpc) is 2.92. The number of anilines is 1. The summed E-state index contributed by atoms with van der Waals surface area (Å²) in [5.41, 5.74) is 2.20. The van der Waals surface area contributed by atoms with Gasteiger partial charge in [0.05, 0.1) is 20.1 Å². The van der Waals surface area contributed by atoms with Gasteiger partial charge in [-0.2, -0.15) is 13.2 Å². The molecule has 4 rings (SSSR count). The molecule has 0 radical (unpaired) electrons. The van der Waals surface area contributed by atoms with Crippen LogP contribution in [0.1, 0.15) is 60.4 Å². The maximum absolute atomic E-state index is 13.2. The Morgan fingerprint density at radius 2 is 1.43 bits per heavy atom. The topological polar surface area (TPSA) is 67.9 Å². The quantitative estimate of drug-likeness (QED) is 0.507. The fourth-order valence-corrected chi connectivity index (χ4v) is 5.40. The van der Waals surface area contributed by atoms with Crippen molar-refractivity contribution in [1.29, 1.82) is 0 Å². The molecule has 0 aromatic heterocycles. The molecule has 6 nitrogen and oxygen atoms in total. The minimum Gasteiger partial charge on any atom is -0.496 e. The van der Waals surface area contributed by atoms with Crippen molar-refractivity contribution in [3.63, 3.8) is 0 Å². The van der Waals surface area contributed by atoms with Gasteiger partial charge < -0.3 is 19.7 Å². The Bertz CT molecular complexity index is 1070. The smallest absolute Gasteiger partial charge is 0.391 e. The Kier molecular flexibility index (Phi) is 8.29. The van der Waals surface area contributed by atoms with Crippen LogP contribution in [0.5, 0.6) is 11.5 Å². The Morgan fingerprint density at radius 1 is 0.865 bits per heavy atom. The van der Waals surface area contributed by atoms with Crippen molar-refractivity contribution in [3.05, 3.63) is 53.6 Å². The van der Waals surface area contributed by atoms with Gasteiger partial charge in [0, 0.05) is 24.7 Å². The third-order valence-corrected chi connectivity index (χ3v) is 7.63. The van der Waals surface area contributed by atoms with E-state index >= 15 is 0 Å². The molecule has 1 aliphatic heterocycles. The molecule has 0 unspecified atom stereocenters. The molecule has 1 saturated heterocycles. The monoisotopic (exact) mass is 518 g/mol. The van der Waals surface area contributed by atoms with Crippen molar-refractivity contribution in [2.45, 2.75) is 50.6 Å². The highest BCUT2D eigenvalue weighted by Gasteiger charge is 2.42. The van der Waals surface area contributed by atoms with Crippen LogP contribution in [0.4, 0.5) is 18.9 Å². The molecular weight excluding hydrogens is 485 g/mol. The highest BCUT2D eigenvalue weighted by molar-refractivity contribution is 5.99. The van der Waals surface area contributed by atoms with Crippen LogP contribution in [0, 0.1) is 11.8 Å². The van der Waals surface area contributed by atoms with E-state index < -0.39 is 12.1 Å². The molecule has 0 atom stereocenters. The Balaban J connectivity index is 1.30. The molecule has 2 aromatic carbocycles. The molecule has 1 saturated carbocycles. The summed E-state index contributed by atoms with van der Waals surface area (Å²) < 4.78 is 49.4. The van der Waals surface area contributed by atoms with Gasteiger partial charge in [0.25, 0.3) is 5.91 Å². The number of halogens is 3. The lowest BCUT2D eigenvalue weighted by Gasteiger charge is -2.33. The van der Waals surface area contributed by atoms with E-state index in [2.05, 4.69) is 5.32 Å². The third kappa shape index (κ3) is 6.19. The highest BCUT2D eigenvalue weighted by Crippen LogP contribution is 2.40. The number of amides is 2. The minimum absolute atomic E-state index is 0.00552. The number of rotatable bonds is 6. The van der Waals surface area contributed by atoms with Crippen LogP contribution in [0.3, 0.4) is 0 Å². The van der Waals surface area contributed by atoms with E-state index in [4.69, 9.17) is 9.47 Å². The molecular formula is C28H33F3N2O4. The summed E-state index contributed by atoms with van der Waals surface area (Å²) in [6.07, 6.45) is -2.05. The number of methoxy groups -OCH3 is 2. The van der Waals surface area contributed by atoms with Gasteiger partial charge in [0.1, 0.15) is 17.1 Å². The Morgan fingerprint density at radius 3 is 1.95 bits per heavy atom. The first-order chi connectivity index (χ1) is 17.7. The SMILES string of the molecule is COc1cccc(OC)c1C(=O)N1CCC(c2ccc(NC(=O)C3CCC(C(F)(F)F)CC3)cc2)CC1. The fraction of sp³-hybridized carbons (Fsp3) is 0.500. The molecule has 37 heavy (non-hydrogen) atoms. The highest BCUT2D eigenvalue weighted by atomic mass is 19.4. The number of likely N-dealkylation sites (tertiary alicyclic amines) is 1. The standard InChI is InChI=1S/C28H33F3N2O4/c1-36-23-4-3-5-24(37-2)25(23)27(35)33-16-14-19(15-17-33)18-8-12-22(13-9-18)32-26(34)20-6-10-21(11-7-20)28(29,30)31/h3-5,8-9,12-13,19-21H,6-7,10-11,14-17H2,1-2H3,(H,32,34). The predicted molar refractivity (Wildman–Crippen MR) is 134 cm³/mol. The molecule has 2 aromatic rings. The number of alkyl halides is 3. The number of carbonyl (C=O) groups excluding carboxylic acids is 2. The lowest BCUT2D eigenvalue weighted by Crippen LogP contribution is -2.38. The van der Waals surface area contributed by atoms with Crippen molar-refractivity contribution in [2.75, 3.05) is 32.6 Å². The first-order valence-electron chi connectivity index (χ1n) is 12.7. The van der Waals surface area contributed by atoms with E-state index in [0.29, 0.717) is 35.8 Å². The van der Waals surface area contributed by atoms with E-state index in [1.165, 1.54) is 14.2 Å². The van der Waals surface area contributed by atoms with Gasteiger partial charge in [-0.15, -0.1) is 0 Å². The predicted octanol–water partition coefficient (Wildman–Crippen LogP) is 6.03. The largest absolute Gasteiger partial charge is 0.496 e. The van der Waals surface area contributed by atoms with Crippen molar-refractivity contribution in [2.24, 2.45) is 11.8 Å². The summed E-state index contributed by atoms with van der Waals surface area (Å²) in [5.74, 6) is -0.764. The molecule has 1 N–H and O–H groups in total. The van der Waals surface area contributed by atoms with Gasteiger partial charge >= 0.3 is 6.18 Å². The van der Waals surface area contributed by atoms with Crippen molar-refractivity contribution < 1.29 is 32.2 Å². The molecule has 9 heteroatoms. The van der Waals surface area contributed by atoms with Crippen LogP contribution in [0.2, 0.25) is 0 Å². The van der Waals surface area contributed by atoms with Crippen molar-refractivity contribution in [3.8, 4) is 11.5 Å². The number of hydrogen-bond acceptors (Lipinski definition) is 4. The normalized spacial score (nSPS) is 20.8. The van der Waals surface area contributed by atoms with Gasteiger partial charge in [-0.25, -0.2) is 0 Å². The maximum Gasteiger partial charge on any atom is 0.391 e. The minimum atomic E-state index is -4.18. The first kappa shape index (κ1) is 26.8. The van der Waals surface area contributed by atoms with Crippen molar-refractivity contribution >= 4 is 17.5 Å². The summed E-state index contributed by atoms with van der Waals surface area (Å²) in [6.45, 7) is 1.20. The second-order valence-electron chi connectivity index (χ2n) is 9.81. The number of carbonyl (C=O) groups is 2. The fourth-order valence-electron chi connectivity index (χ4n) is 5.40. The van der Waals surface area contributed by atoms with Crippen LogP contribution in [0.25, 0.3) is 0 Å². The number of nitrogens with one attached hydrogen (secondary N) is 1. The number of hydrogen-bond donors (Lipinski definition) is 1. The maximum atomic E-state index is 13.2. The average molecular weight is 519 g/mol. The zero-order chi connectivity index (χ0) is 26.6. The molecule has 2 amide bonds. The van der Waals surface area contributed by atoms with Crippen LogP contribution in [-0.4, -0.2) is 50.2 Å². The van der Waals surface area contributed by atoms with Crippen LogP contribution >= 0.6 is 0 Å². The lowest BCUT2D eigenvalue weighted by atomic mass is 9.81. The molecule has 2 fully saturated rings. The number of nitrogens with zero attached hydrogens (tertiary/aromatic N) is 1. The van der Waals surface area contributed by atoms with Gasteiger partial charge in [0.15, 0.2) is 0 Å². The molecule has 1 heterocycles. The number of benzene rings is 2. The third-order valence-electron chi connectivity index (χ3n) is 7.63. The summed E-state index contributed by atoms with van der Waals surface area (Å²) >= 11 is 0. The first-order valence-corrected chi connectivity index (χ1v) is 12.7. The van der Waals surface area contributed by atoms with E-state index in [1.807, 2.05) is 29.2 Å². The van der Waals surface area contributed by atoms with E-state index in [1.54, 1.807) is 18.2 Å². The molecule has 200 valence electrons. The van der Waals surface area contributed by atoms with Gasteiger partial charge in [0.2, 0.25) is 5.91 Å². The van der Waals surface area contributed by atoms with E-state index in [0.717, 1.165) is 18.4 Å². The second-order valence-corrected chi connectivity index (χ2v) is 9.81. The summed E-state index contributed by atoms with van der Waals surface area (Å²) in [5, 5.41) is 2.86. The zero-order valence-corrected chi connectivity index (χ0v) is 21.1. The van der Waals surface area contributed by atoms with Gasteiger partial charge in [-0.05, 0) is 74.3 Å². The summed E-state index contributed by atoms with van der Waals surface area (Å²) in [7, 11) is 3.06. The van der Waals surface area contributed by atoms with Crippen LogP contribution < -0.4 is 14.8 Å². The second kappa shape index (κ2) is 11.4. The zero-order valence-electron chi connectivity index (χ0n) is 21.1. The number of ether oxygens (including phenoxy) is 2. The van der Waals surface area contributed by atoms with E-state index in [-0.39, 0.29) is 49.3 Å². The Hall–Kier alpha value is -3.23. The molecule has 0 bridgehead atoms. The molecule has 1 aliphatic carbocycles. The van der Waals surface area contributed by atoms with Gasteiger partial charge in [-0.1, -0.05) is 18.2 Å². The number of piperidine rings is 1. The molecule has 0 spiro atoms. The van der Waals surface area contributed by atoms with Gasteiger partial charge in [-0.3, -0.25) is 9.59 Å². The van der Waals surface area contributed by atoms with Crippen LogP contribution in [-0.2, 0) is 4.79 Å². The summed E-state index contributed by atoms with van der Waals surface area (Å²) in [4.78, 5) is 27.6. The van der Waals surface area contributed by atoms with Crippen LogP contribution in [0.15, 0.2) is 42.5 Å². The van der Waals surface area contributed by atoms with E-state index in [9.17, 15) is 22.8 Å². The summed E-state index contributed by atoms with van der Waals surface area (Å²) in [6, 6.07) is 12.9. The van der Waals surface area contributed by atoms with Crippen molar-refractivity contribution in [1.82, 2.24) is 4.90 Å². The lowest BCUT2D eigenvalue weighted by molar-refractivity contribution is -0.184.